The van der Waals surface area contributed by atoms with E-state index in [4.69, 9.17) is 5.84 Å². The van der Waals surface area contributed by atoms with Gasteiger partial charge in [-0.2, -0.15) is 10.2 Å². The van der Waals surface area contributed by atoms with Crippen LogP contribution >= 0.6 is 0 Å². The van der Waals surface area contributed by atoms with Crippen LogP contribution in [0.5, 0.6) is 5.75 Å². The van der Waals surface area contributed by atoms with E-state index in [1.807, 2.05) is 43.4 Å². The van der Waals surface area contributed by atoms with Crippen molar-refractivity contribution in [1.29, 1.82) is 0 Å². The molecule has 0 radical (unpaired) electrons. The molecule has 112 valence electrons. The Morgan fingerprint density at radius 1 is 1.24 bits per heavy atom. The van der Waals surface area contributed by atoms with E-state index in [1.165, 1.54) is 5.12 Å². The SMILES string of the molecule is Cc1cc(C(C)(C)C)cc(N(N)/N=C2/C=CC=CC2)c1O. The monoisotopic (exact) mass is 285 g/mol. The first-order chi connectivity index (χ1) is 9.79. The highest BCUT2D eigenvalue weighted by molar-refractivity contribution is 5.97. The van der Waals surface area contributed by atoms with Gasteiger partial charge in [0.2, 0.25) is 0 Å². The van der Waals surface area contributed by atoms with Gasteiger partial charge in [-0.15, -0.1) is 0 Å². The van der Waals surface area contributed by atoms with Crippen LogP contribution in [0.25, 0.3) is 0 Å². The molecule has 0 aliphatic heterocycles. The average Bonchev–Trinajstić information content (AvgIpc) is 2.41. The van der Waals surface area contributed by atoms with E-state index in [0.717, 1.165) is 23.3 Å². The van der Waals surface area contributed by atoms with Crippen molar-refractivity contribution >= 4 is 11.4 Å². The quantitative estimate of drug-likeness (QED) is 0.645. The summed E-state index contributed by atoms with van der Waals surface area (Å²) in [5.74, 6) is 6.21. The van der Waals surface area contributed by atoms with Crippen LogP contribution in [0, 0.1) is 6.92 Å². The number of hydrazine groups is 1. The maximum atomic E-state index is 10.3. The minimum absolute atomic E-state index is 0.0192. The molecule has 0 amide bonds. The van der Waals surface area contributed by atoms with Gasteiger partial charge >= 0.3 is 0 Å². The maximum Gasteiger partial charge on any atom is 0.145 e. The third-order valence-corrected chi connectivity index (χ3v) is 3.49. The van der Waals surface area contributed by atoms with E-state index in [2.05, 4.69) is 25.9 Å². The second kappa shape index (κ2) is 5.74. The molecule has 0 atom stereocenters. The lowest BCUT2D eigenvalue weighted by atomic mass is 9.85. The minimum Gasteiger partial charge on any atom is -0.505 e. The molecule has 1 aliphatic carbocycles. The lowest BCUT2D eigenvalue weighted by Crippen LogP contribution is -2.27. The summed E-state index contributed by atoms with van der Waals surface area (Å²) >= 11 is 0. The molecule has 2 rings (SSSR count). The van der Waals surface area contributed by atoms with Gasteiger partial charge in [0, 0.05) is 6.42 Å². The number of nitrogens with zero attached hydrogens (tertiary/aromatic N) is 2. The highest BCUT2D eigenvalue weighted by Gasteiger charge is 2.19. The molecule has 0 saturated heterocycles. The Morgan fingerprint density at radius 2 is 1.95 bits per heavy atom. The fraction of sp³-hybridized carbons (Fsp3) is 0.353. The number of allylic oxidation sites excluding steroid dienone is 4. The molecule has 1 aliphatic rings. The Labute approximate surface area is 126 Å². The Hall–Kier alpha value is -2.07. The van der Waals surface area contributed by atoms with Gasteiger partial charge in [0.1, 0.15) is 11.4 Å². The van der Waals surface area contributed by atoms with Crippen LogP contribution < -0.4 is 11.0 Å². The number of phenols is 1. The van der Waals surface area contributed by atoms with Crippen LogP contribution in [0.15, 0.2) is 41.5 Å². The molecule has 0 unspecified atom stereocenters. The molecule has 4 heteroatoms. The van der Waals surface area contributed by atoms with Crippen molar-refractivity contribution in [3.63, 3.8) is 0 Å². The van der Waals surface area contributed by atoms with Crippen LogP contribution in [0.1, 0.15) is 38.3 Å². The maximum absolute atomic E-state index is 10.3. The standard InChI is InChI=1S/C17H23N3O/c1-12-10-13(17(2,3)4)11-15(16(12)21)20(18)19-14-8-6-5-7-9-14/h5-8,10-11,21H,9,18H2,1-4H3/b19-14-. The predicted molar refractivity (Wildman–Crippen MR) is 88.5 cm³/mol. The second-order valence-corrected chi connectivity index (χ2v) is 6.34. The fourth-order valence-electron chi connectivity index (χ4n) is 2.14. The minimum atomic E-state index is -0.0192. The number of hydrogen-bond acceptors (Lipinski definition) is 4. The second-order valence-electron chi connectivity index (χ2n) is 6.34. The van der Waals surface area contributed by atoms with Gasteiger partial charge in [0.25, 0.3) is 0 Å². The summed E-state index contributed by atoms with van der Waals surface area (Å²) in [6, 6.07) is 3.89. The molecule has 0 saturated carbocycles. The summed E-state index contributed by atoms with van der Waals surface area (Å²) < 4.78 is 0. The van der Waals surface area contributed by atoms with Crippen molar-refractivity contribution in [3.8, 4) is 5.75 Å². The van der Waals surface area contributed by atoms with Crippen molar-refractivity contribution < 1.29 is 5.11 Å². The number of aromatic hydroxyl groups is 1. The van der Waals surface area contributed by atoms with Gasteiger partial charge < -0.3 is 5.11 Å². The topological polar surface area (TPSA) is 61.8 Å². The first-order valence-electron chi connectivity index (χ1n) is 7.08. The molecule has 1 aromatic carbocycles. The van der Waals surface area contributed by atoms with Crippen LogP contribution in [0.4, 0.5) is 5.69 Å². The third kappa shape index (κ3) is 3.52. The summed E-state index contributed by atoms with van der Waals surface area (Å²) in [7, 11) is 0. The number of hydrazone groups is 1. The Kier molecular flexibility index (Phi) is 4.19. The summed E-state index contributed by atoms with van der Waals surface area (Å²) in [5, 5.41) is 15.9. The van der Waals surface area contributed by atoms with E-state index < -0.39 is 0 Å². The molecule has 3 N–H and O–H groups in total. The van der Waals surface area contributed by atoms with Gasteiger partial charge in [0.05, 0.1) is 5.71 Å². The number of aryl methyl sites for hydroxylation is 1. The molecule has 0 bridgehead atoms. The Bertz CT molecular complexity index is 622. The number of phenolic OH excluding ortho intramolecular Hbond substituents is 1. The fourth-order valence-corrected chi connectivity index (χ4v) is 2.14. The number of nitrogens with two attached hydrogens (primary N) is 1. The van der Waals surface area contributed by atoms with Crippen LogP contribution in [-0.4, -0.2) is 10.8 Å². The Morgan fingerprint density at radius 3 is 2.52 bits per heavy atom. The van der Waals surface area contributed by atoms with Crippen molar-refractivity contribution in [2.45, 2.75) is 39.5 Å². The third-order valence-electron chi connectivity index (χ3n) is 3.49. The molecule has 0 fully saturated rings. The molecule has 0 heterocycles. The van der Waals surface area contributed by atoms with E-state index in [-0.39, 0.29) is 11.2 Å². The smallest absolute Gasteiger partial charge is 0.145 e. The van der Waals surface area contributed by atoms with Gasteiger partial charge in [-0.25, -0.2) is 5.84 Å². The molecule has 1 aromatic rings. The first-order valence-corrected chi connectivity index (χ1v) is 7.08. The summed E-state index contributed by atoms with van der Waals surface area (Å²) in [6.45, 7) is 8.26. The van der Waals surface area contributed by atoms with Crippen molar-refractivity contribution in [2.24, 2.45) is 10.9 Å². The molecule has 0 aromatic heterocycles. The number of rotatable bonds is 2. The zero-order valence-corrected chi connectivity index (χ0v) is 13.1. The largest absolute Gasteiger partial charge is 0.505 e. The molecular weight excluding hydrogens is 262 g/mol. The highest BCUT2D eigenvalue weighted by Crippen LogP contribution is 2.35. The number of benzene rings is 1. The molecule has 21 heavy (non-hydrogen) atoms. The van der Waals surface area contributed by atoms with E-state index >= 15 is 0 Å². The molecular formula is C17H23N3O. The lowest BCUT2D eigenvalue weighted by Gasteiger charge is -2.24. The molecule has 4 nitrogen and oxygen atoms in total. The Balaban J connectivity index is 2.40. The van der Waals surface area contributed by atoms with Crippen molar-refractivity contribution in [3.05, 3.63) is 47.6 Å². The van der Waals surface area contributed by atoms with Crippen molar-refractivity contribution in [1.82, 2.24) is 0 Å². The van der Waals surface area contributed by atoms with E-state index in [9.17, 15) is 5.11 Å². The summed E-state index contributed by atoms with van der Waals surface area (Å²) in [5.41, 5.74) is 3.28. The molecule has 0 spiro atoms. The first kappa shape index (κ1) is 15.3. The number of anilines is 1. The van der Waals surface area contributed by atoms with Gasteiger partial charge in [-0.1, -0.05) is 45.1 Å². The van der Waals surface area contributed by atoms with Gasteiger partial charge in [-0.3, -0.25) is 0 Å². The predicted octanol–water partition coefficient (Wildman–Crippen LogP) is 3.55. The van der Waals surface area contributed by atoms with Gasteiger partial charge in [0.15, 0.2) is 0 Å². The van der Waals surface area contributed by atoms with E-state index in [1.54, 1.807) is 0 Å². The lowest BCUT2D eigenvalue weighted by molar-refractivity contribution is 0.468. The normalized spacial score (nSPS) is 16.5. The zero-order valence-electron chi connectivity index (χ0n) is 13.1. The van der Waals surface area contributed by atoms with Crippen LogP contribution in [-0.2, 0) is 5.41 Å². The highest BCUT2D eigenvalue weighted by atomic mass is 16.3. The zero-order chi connectivity index (χ0) is 15.6. The summed E-state index contributed by atoms with van der Waals surface area (Å²) in [6.07, 6.45) is 8.57. The van der Waals surface area contributed by atoms with Crippen molar-refractivity contribution in [2.75, 3.05) is 5.12 Å². The van der Waals surface area contributed by atoms with E-state index in [0.29, 0.717) is 5.69 Å². The number of hydrogen-bond donors (Lipinski definition) is 2. The van der Waals surface area contributed by atoms with Gasteiger partial charge in [-0.05, 0) is 35.6 Å². The van der Waals surface area contributed by atoms with Crippen LogP contribution in [0.2, 0.25) is 0 Å². The average molecular weight is 285 g/mol. The summed E-state index contributed by atoms with van der Waals surface area (Å²) in [4.78, 5) is 0. The van der Waals surface area contributed by atoms with Crippen LogP contribution in [0.3, 0.4) is 0 Å².